The van der Waals surface area contributed by atoms with Gasteiger partial charge in [0.15, 0.2) is 5.69 Å². The van der Waals surface area contributed by atoms with Crippen molar-refractivity contribution in [2.75, 3.05) is 0 Å². The van der Waals surface area contributed by atoms with Crippen LogP contribution < -0.4 is 5.32 Å². The van der Waals surface area contributed by atoms with Gasteiger partial charge in [0.05, 0.1) is 22.8 Å². The fraction of sp³-hybridized carbons (Fsp3) is 0.167. The molecule has 3 N–H and O–H groups in total. The van der Waals surface area contributed by atoms with Crippen molar-refractivity contribution < 1.29 is 14.7 Å². The van der Waals surface area contributed by atoms with Gasteiger partial charge in [-0.1, -0.05) is 17.7 Å². The third-order valence-corrected chi connectivity index (χ3v) is 4.22. The molecule has 142 valence electrons. The van der Waals surface area contributed by atoms with E-state index in [2.05, 4.69) is 20.6 Å². The first-order chi connectivity index (χ1) is 13.4. The van der Waals surface area contributed by atoms with Crippen molar-refractivity contribution in [2.24, 2.45) is 0 Å². The normalized spacial score (nSPS) is 11.6. The fourth-order valence-corrected chi connectivity index (χ4v) is 2.78. The molecule has 0 saturated heterocycles. The molecule has 9 nitrogen and oxygen atoms in total. The van der Waals surface area contributed by atoms with Gasteiger partial charge in [0, 0.05) is 23.9 Å². The molecule has 0 spiro atoms. The summed E-state index contributed by atoms with van der Waals surface area (Å²) in [5.74, 6) is -1.67. The number of aromatic amines is 1. The molecular weight excluding hydrogens is 384 g/mol. The number of hydrogen-bond acceptors (Lipinski definition) is 5. The van der Waals surface area contributed by atoms with Gasteiger partial charge in [-0.2, -0.15) is 15.5 Å². The summed E-state index contributed by atoms with van der Waals surface area (Å²) in [4.78, 5) is 23.0. The highest BCUT2D eigenvalue weighted by Crippen LogP contribution is 2.24. The van der Waals surface area contributed by atoms with E-state index in [1.54, 1.807) is 42.1 Å². The molecule has 2 heterocycles. The van der Waals surface area contributed by atoms with E-state index in [0.717, 1.165) is 5.56 Å². The van der Waals surface area contributed by atoms with E-state index in [9.17, 15) is 9.59 Å². The van der Waals surface area contributed by atoms with Crippen molar-refractivity contribution in [3.8, 4) is 17.3 Å². The largest absolute Gasteiger partial charge is 0.476 e. The van der Waals surface area contributed by atoms with Gasteiger partial charge in [-0.15, -0.1) is 0 Å². The number of carbonyl (C=O) groups is 2. The summed E-state index contributed by atoms with van der Waals surface area (Å²) in [7, 11) is 0. The molecule has 1 unspecified atom stereocenters. The van der Waals surface area contributed by atoms with Crippen molar-refractivity contribution in [1.29, 1.82) is 5.26 Å². The third-order valence-electron chi connectivity index (χ3n) is 3.91. The highest BCUT2D eigenvalue weighted by Gasteiger charge is 2.16. The van der Waals surface area contributed by atoms with Crippen molar-refractivity contribution in [3.63, 3.8) is 0 Å². The number of halogens is 1. The average Bonchev–Trinajstić information content (AvgIpc) is 3.31. The lowest BCUT2D eigenvalue weighted by molar-refractivity contribution is 0.0690. The van der Waals surface area contributed by atoms with E-state index >= 15 is 0 Å². The van der Waals surface area contributed by atoms with Crippen LogP contribution in [0.1, 0.15) is 33.5 Å². The number of benzene rings is 1. The summed E-state index contributed by atoms with van der Waals surface area (Å²) < 4.78 is 1.67. The maximum absolute atomic E-state index is 12.2. The second kappa shape index (κ2) is 7.94. The second-order valence-corrected chi connectivity index (χ2v) is 6.48. The minimum absolute atomic E-state index is 0.0672. The zero-order chi connectivity index (χ0) is 20.3. The molecule has 2 aromatic heterocycles. The molecule has 10 heteroatoms. The zero-order valence-electron chi connectivity index (χ0n) is 14.7. The summed E-state index contributed by atoms with van der Waals surface area (Å²) >= 11 is 6.06. The molecule has 1 aromatic carbocycles. The molecule has 0 aliphatic rings. The first kappa shape index (κ1) is 19.1. The van der Waals surface area contributed by atoms with Crippen LogP contribution in [0.25, 0.3) is 11.3 Å². The first-order valence-corrected chi connectivity index (χ1v) is 8.58. The number of rotatable bonds is 6. The van der Waals surface area contributed by atoms with E-state index < -0.39 is 11.9 Å². The summed E-state index contributed by atoms with van der Waals surface area (Å²) in [6, 6.07) is 9.78. The Balaban J connectivity index is 1.64. The Morgan fingerprint density at radius 3 is 2.82 bits per heavy atom. The number of carboxylic acids is 1. The fourth-order valence-electron chi connectivity index (χ4n) is 2.56. The molecule has 1 atom stereocenters. The summed E-state index contributed by atoms with van der Waals surface area (Å²) in [5.41, 5.74) is 1.70. The van der Waals surface area contributed by atoms with Crippen molar-refractivity contribution >= 4 is 23.5 Å². The standard InChI is InChI=1S/C18H15ClN6O3/c1-10(21-17(26)15-7-16(18(27)28)23-22-15)9-25-5-4-14(24-25)11-2-3-12(8-20)13(19)6-11/h2-7,10H,9H2,1H3,(H,21,26)(H,22,23)(H,27,28). The average molecular weight is 399 g/mol. The number of carboxylic acid groups (broad SMARTS) is 1. The quantitative estimate of drug-likeness (QED) is 0.582. The predicted octanol–water partition coefficient (Wildman–Crippen LogP) is 2.31. The Hall–Kier alpha value is -3.64. The van der Waals surface area contributed by atoms with Gasteiger partial charge < -0.3 is 10.4 Å². The highest BCUT2D eigenvalue weighted by molar-refractivity contribution is 6.32. The number of hydrogen-bond donors (Lipinski definition) is 3. The molecule has 0 bridgehead atoms. The van der Waals surface area contributed by atoms with Crippen molar-refractivity contribution in [1.82, 2.24) is 25.3 Å². The summed E-state index contributed by atoms with van der Waals surface area (Å²) in [6.07, 6.45) is 1.77. The van der Waals surface area contributed by atoms with Crippen molar-refractivity contribution in [2.45, 2.75) is 19.5 Å². The van der Waals surface area contributed by atoms with Crippen LogP contribution in [0.4, 0.5) is 0 Å². The monoisotopic (exact) mass is 398 g/mol. The highest BCUT2D eigenvalue weighted by atomic mass is 35.5. The van der Waals surface area contributed by atoms with Crippen LogP contribution in [0.15, 0.2) is 36.5 Å². The molecule has 0 fully saturated rings. The Bertz CT molecular complexity index is 1080. The van der Waals surface area contributed by atoms with Gasteiger partial charge >= 0.3 is 5.97 Å². The first-order valence-electron chi connectivity index (χ1n) is 8.20. The molecule has 3 rings (SSSR count). The van der Waals surface area contributed by atoms with E-state index in [-0.39, 0.29) is 17.4 Å². The number of nitrogens with zero attached hydrogens (tertiary/aromatic N) is 4. The SMILES string of the molecule is CC(Cn1ccc(-c2ccc(C#N)c(Cl)c2)n1)NC(=O)c1cc(C(=O)O)n[nH]1. The van der Waals surface area contributed by atoms with Gasteiger partial charge in [0.1, 0.15) is 11.8 Å². The molecule has 0 aliphatic heterocycles. The molecule has 0 radical (unpaired) electrons. The van der Waals surface area contributed by atoms with E-state index in [1.165, 1.54) is 6.07 Å². The number of H-pyrrole nitrogens is 1. The lowest BCUT2D eigenvalue weighted by Crippen LogP contribution is -2.36. The molecule has 0 saturated carbocycles. The maximum atomic E-state index is 12.2. The molecule has 1 amide bonds. The number of amides is 1. The molecule has 0 aliphatic carbocycles. The Kier molecular flexibility index (Phi) is 5.42. The van der Waals surface area contributed by atoms with Crippen LogP contribution in [0.3, 0.4) is 0 Å². The van der Waals surface area contributed by atoms with Crippen molar-refractivity contribution in [3.05, 3.63) is 58.5 Å². The predicted molar refractivity (Wildman–Crippen MR) is 99.9 cm³/mol. The van der Waals surface area contributed by atoms with E-state index in [4.69, 9.17) is 22.0 Å². The Morgan fingerprint density at radius 2 is 2.18 bits per heavy atom. The topological polar surface area (TPSA) is 137 Å². The maximum Gasteiger partial charge on any atom is 0.356 e. The second-order valence-electron chi connectivity index (χ2n) is 6.08. The van der Waals surface area contributed by atoms with Crippen LogP contribution in [0, 0.1) is 11.3 Å². The molecular formula is C18H15ClN6O3. The van der Waals surface area contributed by atoms with E-state index in [1.807, 2.05) is 6.07 Å². The van der Waals surface area contributed by atoms with Gasteiger partial charge in [0.2, 0.25) is 0 Å². The summed E-state index contributed by atoms with van der Waals surface area (Å²) in [6.45, 7) is 2.20. The van der Waals surface area contributed by atoms with Crippen LogP contribution in [-0.2, 0) is 6.54 Å². The lowest BCUT2D eigenvalue weighted by Gasteiger charge is -2.13. The third kappa shape index (κ3) is 4.19. The summed E-state index contributed by atoms with van der Waals surface area (Å²) in [5, 5.41) is 31.3. The lowest BCUT2D eigenvalue weighted by atomic mass is 10.1. The van der Waals surface area contributed by atoms with Crippen LogP contribution >= 0.6 is 11.6 Å². The zero-order valence-corrected chi connectivity index (χ0v) is 15.4. The number of nitriles is 1. The number of carbonyl (C=O) groups excluding carboxylic acids is 1. The number of aromatic carboxylic acids is 1. The van der Waals surface area contributed by atoms with Crippen LogP contribution in [0.2, 0.25) is 5.02 Å². The number of aromatic nitrogens is 4. The Labute approximate surface area is 164 Å². The van der Waals surface area contributed by atoms with Crippen LogP contribution in [0.5, 0.6) is 0 Å². The van der Waals surface area contributed by atoms with E-state index in [0.29, 0.717) is 22.8 Å². The minimum Gasteiger partial charge on any atom is -0.476 e. The smallest absolute Gasteiger partial charge is 0.356 e. The molecule has 28 heavy (non-hydrogen) atoms. The van der Waals surface area contributed by atoms with Gasteiger partial charge in [-0.25, -0.2) is 4.79 Å². The Morgan fingerprint density at radius 1 is 1.39 bits per heavy atom. The molecule has 3 aromatic rings. The van der Waals surface area contributed by atoms with Gasteiger partial charge in [-0.3, -0.25) is 14.6 Å². The number of nitrogens with one attached hydrogen (secondary N) is 2. The van der Waals surface area contributed by atoms with Crippen LogP contribution in [-0.4, -0.2) is 43.0 Å². The van der Waals surface area contributed by atoms with Gasteiger partial charge in [-0.05, 0) is 25.1 Å². The minimum atomic E-state index is -1.21. The van der Waals surface area contributed by atoms with Gasteiger partial charge in [0.25, 0.3) is 5.91 Å².